The largest absolute Gasteiger partial charge is 0.481 e. The topological polar surface area (TPSA) is 111 Å². The maximum atomic E-state index is 13.1. The van der Waals surface area contributed by atoms with Crippen molar-refractivity contribution in [2.75, 3.05) is 46.3 Å². The van der Waals surface area contributed by atoms with Crippen LogP contribution in [0.15, 0.2) is 35.3 Å². The Morgan fingerprint density at radius 1 is 1.16 bits per heavy atom. The van der Waals surface area contributed by atoms with E-state index in [9.17, 15) is 9.59 Å². The van der Waals surface area contributed by atoms with Gasteiger partial charge in [-0.15, -0.1) is 0 Å². The number of hydrogen-bond acceptors (Lipinski definition) is 8. The van der Waals surface area contributed by atoms with Gasteiger partial charge in [0.25, 0.3) is 5.56 Å². The van der Waals surface area contributed by atoms with Crippen LogP contribution in [0.25, 0.3) is 22.4 Å². The molecule has 0 bridgehead atoms. The molecular weight excluding hydrogens is 412 g/mol. The zero-order valence-corrected chi connectivity index (χ0v) is 18.8. The van der Waals surface area contributed by atoms with Crippen molar-refractivity contribution < 1.29 is 14.3 Å². The number of nitrogens with one attached hydrogen (secondary N) is 1. The van der Waals surface area contributed by atoms with Gasteiger partial charge in [0.2, 0.25) is 11.8 Å². The lowest BCUT2D eigenvalue weighted by Gasteiger charge is -2.15. The summed E-state index contributed by atoms with van der Waals surface area (Å²) >= 11 is 0. The number of hydrogen-bond donors (Lipinski definition) is 1. The van der Waals surface area contributed by atoms with Crippen molar-refractivity contribution >= 4 is 22.9 Å². The van der Waals surface area contributed by atoms with Crippen LogP contribution in [0.2, 0.25) is 0 Å². The molecule has 0 saturated carbocycles. The second-order valence-corrected chi connectivity index (χ2v) is 7.30. The fourth-order valence-corrected chi connectivity index (χ4v) is 2.97. The van der Waals surface area contributed by atoms with Crippen LogP contribution in [0.5, 0.6) is 5.88 Å². The third kappa shape index (κ3) is 5.38. The average molecular weight is 441 g/mol. The molecule has 3 aromatic rings. The van der Waals surface area contributed by atoms with Gasteiger partial charge in [0.1, 0.15) is 5.52 Å². The Kier molecular flexibility index (Phi) is 7.72. The van der Waals surface area contributed by atoms with Crippen LogP contribution >= 0.6 is 0 Å². The fraction of sp³-hybridized carbons (Fsp3) is 0.409. The smallest absolute Gasteiger partial charge is 0.295 e. The van der Waals surface area contributed by atoms with Gasteiger partial charge in [-0.25, -0.2) is 15.0 Å². The zero-order chi connectivity index (χ0) is 23.1. The van der Waals surface area contributed by atoms with E-state index in [-0.39, 0.29) is 23.8 Å². The van der Waals surface area contributed by atoms with Gasteiger partial charge in [-0.1, -0.05) is 6.92 Å². The highest BCUT2D eigenvalue weighted by Crippen LogP contribution is 2.21. The van der Waals surface area contributed by atoms with Crippen molar-refractivity contribution in [3.63, 3.8) is 0 Å². The molecule has 0 radical (unpaired) electrons. The van der Waals surface area contributed by atoms with E-state index in [4.69, 9.17) is 9.47 Å². The third-order valence-electron chi connectivity index (χ3n) is 4.74. The summed E-state index contributed by atoms with van der Waals surface area (Å²) in [5.41, 5.74) is 2.05. The molecule has 0 spiro atoms. The Morgan fingerprint density at radius 3 is 2.62 bits per heavy atom. The Labute approximate surface area is 186 Å². The maximum Gasteiger partial charge on any atom is 0.295 e. The van der Waals surface area contributed by atoms with Crippen molar-refractivity contribution in [2.45, 2.75) is 19.9 Å². The third-order valence-corrected chi connectivity index (χ3v) is 4.74. The minimum Gasteiger partial charge on any atom is -0.481 e. The van der Waals surface area contributed by atoms with E-state index in [1.807, 2.05) is 19.1 Å². The van der Waals surface area contributed by atoms with Crippen LogP contribution in [0.1, 0.15) is 13.3 Å². The number of anilines is 1. The summed E-state index contributed by atoms with van der Waals surface area (Å²) in [6.45, 7) is 3.27. The summed E-state index contributed by atoms with van der Waals surface area (Å²) in [6.07, 6.45) is 2.55. The average Bonchev–Trinajstić information content (AvgIpc) is 2.81. The van der Waals surface area contributed by atoms with Gasteiger partial charge in [-0.05, 0) is 24.6 Å². The molecule has 0 aliphatic carbocycles. The molecular formula is C22H28N6O4. The van der Waals surface area contributed by atoms with Crippen LogP contribution in [0, 0.1) is 0 Å². The second kappa shape index (κ2) is 10.7. The van der Waals surface area contributed by atoms with Gasteiger partial charge >= 0.3 is 0 Å². The number of methoxy groups -OCH3 is 1. The van der Waals surface area contributed by atoms with E-state index in [0.29, 0.717) is 42.5 Å². The maximum absolute atomic E-state index is 13.1. The molecule has 0 atom stereocenters. The molecule has 170 valence electrons. The van der Waals surface area contributed by atoms with E-state index in [0.717, 1.165) is 12.0 Å². The minimum atomic E-state index is -0.360. The highest BCUT2D eigenvalue weighted by Gasteiger charge is 2.15. The van der Waals surface area contributed by atoms with Crippen LogP contribution in [-0.4, -0.2) is 71.3 Å². The Balaban J connectivity index is 2.01. The highest BCUT2D eigenvalue weighted by molar-refractivity contribution is 5.81. The van der Waals surface area contributed by atoms with Crippen LogP contribution in [0.4, 0.5) is 5.82 Å². The second-order valence-electron chi connectivity index (χ2n) is 7.30. The van der Waals surface area contributed by atoms with Crippen molar-refractivity contribution in [3.8, 4) is 17.1 Å². The molecule has 1 amide bonds. The summed E-state index contributed by atoms with van der Waals surface area (Å²) in [5, 5.41) is 2.86. The standard InChI is InChI=1S/C22H28N6O4/c1-5-11-32-12-10-28-21-17(25-20(22(28)30)24-14-19(29)27(2)3)8-7-16(26-21)15-6-9-18(31-4)23-13-15/h6-9,13H,5,10-12,14H2,1-4H3,(H,24,25). The SMILES string of the molecule is CCCOCCn1c(=O)c(NCC(=O)N(C)C)nc2ccc(-c3ccc(OC)nc3)nc21. The van der Waals surface area contributed by atoms with E-state index in [2.05, 4.69) is 20.3 Å². The first kappa shape index (κ1) is 23.1. The van der Waals surface area contributed by atoms with E-state index < -0.39 is 0 Å². The molecule has 10 nitrogen and oxygen atoms in total. The first-order chi connectivity index (χ1) is 15.4. The van der Waals surface area contributed by atoms with Crippen molar-refractivity contribution in [3.05, 3.63) is 40.8 Å². The number of fused-ring (bicyclic) bond motifs is 1. The summed E-state index contributed by atoms with van der Waals surface area (Å²) in [7, 11) is 4.86. The Bertz CT molecular complexity index is 1130. The molecule has 0 aliphatic heterocycles. The quantitative estimate of drug-likeness (QED) is 0.475. The molecule has 0 aromatic carbocycles. The highest BCUT2D eigenvalue weighted by atomic mass is 16.5. The number of ether oxygens (including phenoxy) is 2. The van der Waals surface area contributed by atoms with Crippen molar-refractivity contribution in [1.82, 2.24) is 24.4 Å². The molecule has 3 rings (SSSR count). The summed E-state index contributed by atoms with van der Waals surface area (Å²) < 4.78 is 12.2. The number of carbonyl (C=O) groups is 1. The van der Waals surface area contributed by atoms with Crippen molar-refractivity contribution in [1.29, 1.82) is 0 Å². The number of rotatable bonds is 10. The van der Waals surface area contributed by atoms with Gasteiger partial charge in [0.05, 0.1) is 32.5 Å². The minimum absolute atomic E-state index is 0.0316. The molecule has 3 aromatic heterocycles. The summed E-state index contributed by atoms with van der Waals surface area (Å²) in [4.78, 5) is 39.9. The number of likely N-dealkylation sites (N-methyl/N-ethyl adjacent to an activating group) is 1. The number of nitrogens with zero attached hydrogens (tertiary/aromatic N) is 5. The molecule has 0 saturated heterocycles. The van der Waals surface area contributed by atoms with E-state index in [1.165, 1.54) is 9.47 Å². The monoisotopic (exact) mass is 440 g/mol. The molecule has 0 fully saturated rings. The molecule has 32 heavy (non-hydrogen) atoms. The molecule has 10 heteroatoms. The number of amides is 1. The van der Waals surface area contributed by atoms with E-state index in [1.54, 1.807) is 39.5 Å². The van der Waals surface area contributed by atoms with Gasteiger partial charge in [0.15, 0.2) is 11.5 Å². The van der Waals surface area contributed by atoms with E-state index >= 15 is 0 Å². The predicted octanol–water partition coefficient (Wildman–Crippen LogP) is 1.79. The summed E-state index contributed by atoms with van der Waals surface area (Å²) in [6, 6.07) is 7.21. The van der Waals surface area contributed by atoms with Crippen LogP contribution < -0.4 is 15.6 Å². The first-order valence-corrected chi connectivity index (χ1v) is 10.4. The van der Waals surface area contributed by atoms with Gasteiger partial charge in [-0.3, -0.25) is 14.2 Å². The number of carbonyl (C=O) groups excluding carboxylic acids is 1. The lowest BCUT2D eigenvalue weighted by molar-refractivity contribution is -0.126. The molecule has 0 unspecified atom stereocenters. The lowest BCUT2D eigenvalue weighted by atomic mass is 10.2. The predicted molar refractivity (Wildman–Crippen MR) is 122 cm³/mol. The molecule has 3 heterocycles. The molecule has 0 aliphatic rings. The molecule has 1 N–H and O–H groups in total. The van der Waals surface area contributed by atoms with Crippen molar-refractivity contribution in [2.24, 2.45) is 0 Å². The lowest BCUT2D eigenvalue weighted by Crippen LogP contribution is -2.33. The van der Waals surface area contributed by atoms with Gasteiger partial charge < -0.3 is 19.7 Å². The van der Waals surface area contributed by atoms with Gasteiger partial charge in [-0.2, -0.15) is 0 Å². The fourth-order valence-electron chi connectivity index (χ4n) is 2.97. The van der Waals surface area contributed by atoms with Crippen LogP contribution in [-0.2, 0) is 16.1 Å². The normalized spacial score (nSPS) is 10.9. The Morgan fingerprint density at radius 2 is 1.97 bits per heavy atom. The number of aromatic nitrogens is 4. The first-order valence-electron chi connectivity index (χ1n) is 10.4. The number of pyridine rings is 2. The zero-order valence-electron chi connectivity index (χ0n) is 18.8. The Hall–Kier alpha value is -3.53. The van der Waals surface area contributed by atoms with Crippen LogP contribution in [0.3, 0.4) is 0 Å². The van der Waals surface area contributed by atoms with Gasteiger partial charge in [0, 0.05) is 38.5 Å². The summed E-state index contributed by atoms with van der Waals surface area (Å²) in [5.74, 6) is 0.442.